The van der Waals surface area contributed by atoms with Gasteiger partial charge in [0.25, 0.3) is 0 Å². The van der Waals surface area contributed by atoms with Gasteiger partial charge in [-0.3, -0.25) is 0 Å². The Labute approximate surface area is 63.0 Å². The highest BCUT2D eigenvalue weighted by molar-refractivity contribution is 5.01. The maximum Gasteiger partial charge on any atom is -0.00203 e. The van der Waals surface area contributed by atoms with Crippen molar-refractivity contribution in [2.24, 2.45) is 23.0 Å². The van der Waals surface area contributed by atoms with E-state index in [9.17, 15) is 0 Å². The lowest BCUT2D eigenvalue weighted by Gasteiger charge is -2.50. The average Bonchev–Trinajstić information content (AvgIpc) is 2.30. The lowest BCUT2D eigenvalue weighted by Crippen LogP contribution is -2.47. The van der Waals surface area contributed by atoms with E-state index in [4.69, 9.17) is 5.73 Å². The minimum Gasteiger partial charge on any atom is -0.330 e. The number of rotatable bonds is 1. The molecule has 0 spiro atoms. The first-order valence-corrected chi connectivity index (χ1v) is 4.46. The van der Waals surface area contributed by atoms with Crippen LogP contribution in [0, 0.1) is 17.3 Å². The zero-order valence-electron chi connectivity index (χ0n) is 6.77. The van der Waals surface area contributed by atoms with Crippen LogP contribution >= 0.6 is 0 Å². The Morgan fingerprint density at radius 2 is 2.30 bits per heavy atom. The monoisotopic (exact) mass is 139 g/mol. The number of hydrogen-bond acceptors (Lipinski definition) is 1. The molecule has 2 aliphatic carbocycles. The van der Waals surface area contributed by atoms with E-state index in [0.717, 1.165) is 18.4 Å². The molecule has 3 atom stereocenters. The van der Waals surface area contributed by atoms with Crippen molar-refractivity contribution in [3.8, 4) is 0 Å². The number of fused-ring (bicyclic) bond motifs is 1. The second-order valence-corrected chi connectivity index (χ2v) is 4.36. The summed E-state index contributed by atoms with van der Waals surface area (Å²) in [6.45, 7) is 3.27. The SMILES string of the molecule is C[C@]1(CN)C[C@H]2CCC[C@H]21. The largest absolute Gasteiger partial charge is 0.330 e. The van der Waals surface area contributed by atoms with Crippen LogP contribution in [0.4, 0.5) is 0 Å². The van der Waals surface area contributed by atoms with Crippen LogP contribution in [0.15, 0.2) is 0 Å². The fourth-order valence-corrected chi connectivity index (χ4v) is 3.02. The molecule has 0 heterocycles. The first-order valence-electron chi connectivity index (χ1n) is 4.46. The van der Waals surface area contributed by atoms with Crippen molar-refractivity contribution in [2.75, 3.05) is 6.54 Å². The van der Waals surface area contributed by atoms with Crippen LogP contribution in [0.5, 0.6) is 0 Å². The van der Waals surface area contributed by atoms with E-state index in [0.29, 0.717) is 5.41 Å². The maximum absolute atomic E-state index is 5.72. The van der Waals surface area contributed by atoms with E-state index in [2.05, 4.69) is 6.92 Å². The van der Waals surface area contributed by atoms with E-state index >= 15 is 0 Å². The average molecular weight is 139 g/mol. The summed E-state index contributed by atoms with van der Waals surface area (Å²) in [5.41, 5.74) is 6.27. The molecule has 1 heteroatoms. The Balaban J connectivity index is 2.05. The zero-order chi connectivity index (χ0) is 7.19. The maximum atomic E-state index is 5.72. The van der Waals surface area contributed by atoms with E-state index in [-0.39, 0.29) is 0 Å². The molecular weight excluding hydrogens is 122 g/mol. The van der Waals surface area contributed by atoms with Crippen molar-refractivity contribution >= 4 is 0 Å². The predicted molar refractivity (Wildman–Crippen MR) is 42.6 cm³/mol. The summed E-state index contributed by atoms with van der Waals surface area (Å²) >= 11 is 0. The lowest BCUT2D eigenvalue weighted by molar-refractivity contribution is 0.00525. The summed E-state index contributed by atoms with van der Waals surface area (Å²) in [6.07, 6.45) is 5.82. The first kappa shape index (κ1) is 6.66. The van der Waals surface area contributed by atoms with Crippen LogP contribution in [-0.4, -0.2) is 6.54 Å². The Kier molecular flexibility index (Phi) is 1.31. The fourth-order valence-electron chi connectivity index (χ4n) is 3.02. The molecule has 2 saturated carbocycles. The topological polar surface area (TPSA) is 26.0 Å². The standard InChI is InChI=1S/C9H17N/c1-9(6-10)5-7-3-2-4-8(7)9/h7-8H,2-6,10H2,1H3/t7-,8-,9-/m1/s1. The van der Waals surface area contributed by atoms with Crippen molar-refractivity contribution in [1.82, 2.24) is 0 Å². The Hall–Kier alpha value is -0.0400. The molecule has 0 radical (unpaired) electrons. The highest BCUT2D eigenvalue weighted by Gasteiger charge is 2.51. The van der Waals surface area contributed by atoms with Gasteiger partial charge in [0.15, 0.2) is 0 Å². The Bertz CT molecular complexity index is 144. The number of hydrogen-bond donors (Lipinski definition) is 1. The van der Waals surface area contributed by atoms with Gasteiger partial charge in [-0.15, -0.1) is 0 Å². The molecule has 58 valence electrons. The predicted octanol–water partition coefficient (Wildman–Crippen LogP) is 1.77. The Morgan fingerprint density at radius 3 is 2.90 bits per heavy atom. The third-order valence-electron chi connectivity index (χ3n) is 3.75. The quantitative estimate of drug-likeness (QED) is 0.588. The molecule has 0 aliphatic heterocycles. The van der Waals surface area contributed by atoms with E-state index in [1.54, 1.807) is 0 Å². The van der Waals surface area contributed by atoms with Crippen LogP contribution < -0.4 is 5.73 Å². The number of nitrogens with two attached hydrogens (primary N) is 1. The van der Waals surface area contributed by atoms with Gasteiger partial charge in [0, 0.05) is 0 Å². The summed E-state index contributed by atoms with van der Waals surface area (Å²) in [6, 6.07) is 0. The van der Waals surface area contributed by atoms with Crippen LogP contribution in [0.25, 0.3) is 0 Å². The second kappa shape index (κ2) is 1.97. The van der Waals surface area contributed by atoms with Gasteiger partial charge in [-0.2, -0.15) is 0 Å². The van der Waals surface area contributed by atoms with Gasteiger partial charge in [0.2, 0.25) is 0 Å². The van der Waals surface area contributed by atoms with Crippen molar-refractivity contribution in [3.05, 3.63) is 0 Å². The highest BCUT2D eigenvalue weighted by Crippen LogP contribution is 2.58. The van der Waals surface area contributed by atoms with Crippen LogP contribution in [0.2, 0.25) is 0 Å². The van der Waals surface area contributed by atoms with Gasteiger partial charge in [0.05, 0.1) is 0 Å². The van der Waals surface area contributed by atoms with E-state index in [1.807, 2.05) is 0 Å². The summed E-state index contributed by atoms with van der Waals surface area (Å²) in [5.74, 6) is 2.06. The van der Waals surface area contributed by atoms with Crippen molar-refractivity contribution < 1.29 is 0 Å². The first-order chi connectivity index (χ1) is 4.76. The smallest absolute Gasteiger partial charge is 0.00203 e. The molecule has 2 N–H and O–H groups in total. The van der Waals surface area contributed by atoms with E-state index < -0.39 is 0 Å². The third kappa shape index (κ3) is 0.672. The van der Waals surface area contributed by atoms with Crippen LogP contribution in [0.3, 0.4) is 0 Å². The molecule has 0 bridgehead atoms. The highest BCUT2D eigenvalue weighted by atomic mass is 14.7. The molecule has 10 heavy (non-hydrogen) atoms. The minimum atomic E-state index is 0.543. The van der Waals surface area contributed by atoms with Crippen molar-refractivity contribution in [3.63, 3.8) is 0 Å². The van der Waals surface area contributed by atoms with Gasteiger partial charge in [-0.25, -0.2) is 0 Å². The van der Waals surface area contributed by atoms with Gasteiger partial charge < -0.3 is 5.73 Å². The van der Waals surface area contributed by atoms with Gasteiger partial charge in [-0.1, -0.05) is 19.8 Å². The second-order valence-electron chi connectivity index (χ2n) is 4.36. The van der Waals surface area contributed by atoms with Gasteiger partial charge in [-0.05, 0) is 36.6 Å². The molecule has 0 saturated heterocycles. The third-order valence-corrected chi connectivity index (χ3v) is 3.75. The van der Waals surface area contributed by atoms with Crippen molar-refractivity contribution in [1.29, 1.82) is 0 Å². The molecule has 2 aliphatic rings. The van der Waals surface area contributed by atoms with Crippen LogP contribution in [0.1, 0.15) is 32.6 Å². The zero-order valence-corrected chi connectivity index (χ0v) is 6.77. The minimum absolute atomic E-state index is 0.543. The normalized spacial score (nSPS) is 52.2. The van der Waals surface area contributed by atoms with Gasteiger partial charge >= 0.3 is 0 Å². The van der Waals surface area contributed by atoms with Crippen LogP contribution in [-0.2, 0) is 0 Å². The molecule has 0 aromatic heterocycles. The molecule has 0 amide bonds. The summed E-state index contributed by atoms with van der Waals surface area (Å²) in [5, 5.41) is 0. The lowest BCUT2D eigenvalue weighted by atomic mass is 9.56. The van der Waals surface area contributed by atoms with Gasteiger partial charge in [0.1, 0.15) is 0 Å². The summed E-state index contributed by atoms with van der Waals surface area (Å²) < 4.78 is 0. The summed E-state index contributed by atoms with van der Waals surface area (Å²) in [7, 11) is 0. The molecule has 0 unspecified atom stereocenters. The van der Waals surface area contributed by atoms with Crippen molar-refractivity contribution in [2.45, 2.75) is 32.6 Å². The Morgan fingerprint density at radius 1 is 1.50 bits per heavy atom. The molecule has 2 fully saturated rings. The molecule has 1 nitrogen and oxygen atoms in total. The molecule has 2 rings (SSSR count). The summed E-state index contributed by atoms with van der Waals surface area (Å²) in [4.78, 5) is 0. The molecular formula is C9H17N. The fraction of sp³-hybridized carbons (Fsp3) is 1.00. The van der Waals surface area contributed by atoms with E-state index in [1.165, 1.54) is 25.7 Å². The molecule has 0 aromatic rings. The molecule has 0 aromatic carbocycles.